The van der Waals surface area contributed by atoms with Crippen LogP contribution in [0.15, 0.2) is 29.3 Å². The van der Waals surface area contributed by atoms with Crippen LogP contribution in [0, 0.1) is 6.92 Å². The van der Waals surface area contributed by atoms with Crippen LogP contribution in [0.1, 0.15) is 25.1 Å². The summed E-state index contributed by atoms with van der Waals surface area (Å²) in [4.78, 5) is 14.7. The quantitative estimate of drug-likeness (QED) is 0.649. The van der Waals surface area contributed by atoms with Crippen LogP contribution in [0.3, 0.4) is 0 Å². The van der Waals surface area contributed by atoms with Crippen molar-refractivity contribution >= 4 is 22.6 Å². The molecule has 0 radical (unpaired) electrons. The van der Waals surface area contributed by atoms with Gasteiger partial charge in [-0.3, -0.25) is 4.79 Å². The normalized spacial score (nSPS) is 12.1. The van der Waals surface area contributed by atoms with Gasteiger partial charge in [0, 0.05) is 30.2 Å². The second-order valence-electron chi connectivity index (χ2n) is 4.32. The van der Waals surface area contributed by atoms with Gasteiger partial charge in [0.15, 0.2) is 0 Å². The average Bonchev–Trinajstić information content (AvgIpc) is 2.62. The maximum absolute atomic E-state index is 10.9. The van der Waals surface area contributed by atoms with Gasteiger partial charge in [-0.2, -0.15) is 4.99 Å². The lowest BCUT2D eigenvalue weighted by Gasteiger charge is -2.05. The molecule has 94 valence electrons. The van der Waals surface area contributed by atoms with Gasteiger partial charge >= 0.3 is 0 Å². The van der Waals surface area contributed by atoms with Crippen molar-refractivity contribution in [3.05, 3.63) is 35.5 Å². The molecule has 0 atom stereocenters. The fraction of sp³-hybridized carbons (Fsp3) is 0.286. The van der Waals surface area contributed by atoms with Gasteiger partial charge in [0.1, 0.15) is 5.84 Å². The number of amides is 1. The first kappa shape index (κ1) is 12.4. The van der Waals surface area contributed by atoms with Crippen molar-refractivity contribution in [3.8, 4) is 0 Å². The van der Waals surface area contributed by atoms with Crippen LogP contribution >= 0.6 is 0 Å². The van der Waals surface area contributed by atoms with E-state index in [1.54, 1.807) is 0 Å². The number of rotatable bonds is 2. The van der Waals surface area contributed by atoms with E-state index in [9.17, 15) is 4.79 Å². The second-order valence-corrected chi connectivity index (χ2v) is 4.32. The van der Waals surface area contributed by atoms with E-state index in [0.717, 1.165) is 17.6 Å². The van der Waals surface area contributed by atoms with Crippen molar-refractivity contribution in [2.24, 2.45) is 10.7 Å². The molecule has 2 N–H and O–H groups in total. The number of hydrogen-bond acceptors (Lipinski definition) is 1. The van der Waals surface area contributed by atoms with Crippen molar-refractivity contribution in [2.75, 3.05) is 0 Å². The van der Waals surface area contributed by atoms with Crippen LogP contribution < -0.4 is 5.73 Å². The van der Waals surface area contributed by atoms with Crippen LogP contribution in [0.25, 0.3) is 10.9 Å². The first-order valence-corrected chi connectivity index (χ1v) is 5.98. The van der Waals surface area contributed by atoms with E-state index in [-0.39, 0.29) is 11.7 Å². The van der Waals surface area contributed by atoms with Crippen LogP contribution in [0.4, 0.5) is 0 Å². The Bertz CT molecular complexity index is 638. The Hall–Kier alpha value is -2.10. The molecule has 2 rings (SSSR count). The monoisotopic (exact) mass is 243 g/mol. The molecule has 2 aromatic rings. The topological polar surface area (TPSA) is 60.4 Å². The van der Waals surface area contributed by atoms with Crippen LogP contribution in [-0.2, 0) is 11.3 Å². The molecule has 0 fully saturated rings. The van der Waals surface area contributed by atoms with E-state index < -0.39 is 0 Å². The molecular formula is C14H17N3O. The van der Waals surface area contributed by atoms with Gasteiger partial charge in [-0.15, -0.1) is 0 Å². The molecule has 1 aromatic carbocycles. The molecule has 0 aliphatic heterocycles. The predicted octanol–water partition coefficient (Wildman–Crippen LogP) is 2.22. The van der Waals surface area contributed by atoms with Crippen molar-refractivity contribution in [2.45, 2.75) is 27.3 Å². The van der Waals surface area contributed by atoms with Gasteiger partial charge in [-0.25, -0.2) is 0 Å². The zero-order valence-corrected chi connectivity index (χ0v) is 10.9. The largest absolute Gasteiger partial charge is 0.383 e. The number of nitrogens with zero attached hydrogens (tertiary/aromatic N) is 2. The Balaban J connectivity index is 2.59. The molecular weight excluding hydrogens is 226 g/mol. The lowest BCUT2D eigenvalue weighted by Crippen LogP contribution is -2.15. The standard InChI is InChI=1S/C14H17N3O/c1-4-17-9(2)7-11-5-6-12(8-13(11)17)14(15)16-10(3)18/h5-8H,4H2,1-3H3,(H2,15,16,18). The third-order valence-corrected chi connectivity index (χ3v) is 3.00. The summed E-state index contributed by atoms with van der Waals surface area (Å²) in [6, 6.07) is 8.02. The minimum atomic E-state index is -0.283. The predicted molar refractivity (Wildman–Crippen MR) is 73.8 cm³/mol. The number of hydrogen-bond donors (Lipinski definition) is 1. The van der Waals surface area contributed by atoms with Gasteiger partial charge in [-0.1, -0.05) is 12.1 Å². The lowest BCUT2D eigenvalue weighted by molar-refractivity contribution is -0.115. The number of carbonyl (C=O) groups is 1. The summed E-state index contributed by atoms with van der Waals surface area (Å²) in [5.41, 5.74) is 8.92. The van der Waals surface area contributed by atoms with E-state index in [0.29, 0.717) is 0 Å². The first-order chi connectivity index (χ1) is 8.52. The number of benzene rings is 1. The molecule has 0 saturated carbocycles. The number of fused-ring (bicyclic) bond motifs is 1. The Morgan fingerprint density at radius 2 is 2.11 bits per heavy atom. The Kier molecular flexibility index (Phi) is 3.19. The molecule has 4 nitrogen and oxygen atoms in total. The molecule has 0 aliphatic rings. The zero-order valence-electron chi connectivity index (χ0n) is 10.9. The van der Waals surface area contributed by atoms with E-state index in [1.165, 1.54) is 18.0 Å². The molecule has 0 saturated heterocycles. The minimum Gasteiger partial charge on any atom is -0.383 e. The fourth-order valence-electron chi connectivity index (χ4n) is 2.21. The number of carbonyl (C=O) groups excluding carboxylic acids is 1. The molecule has 18 heavy (non-hydrogen) atoms. The Labute approximate surface area is 106 Å². The highest BCUT2D eigenvalue weighted by molar-refractivity contribution is 6.05. The van der Waals surface area contributed by atoms with Crippen LogP contribution in [0.2, 0.25) is 0 Å². The molecule has 0 aliphatic carbocycles. The minimum absolute atomic E-state index is 0.269. The second kappa shape index (κ2) is 4.64. The highest BCUT2D eigenvalue weighted by Gasteiger charge is 2.07. The lowest BCUT2D eigenvalue weighted by atomic mass is 10.1. The molecule has 1 heterocycles. The average molecular weight is 243 g/mol. The van der Waals surface area contributed by atoms with Crippen LogP contribution in [0.5, 0.6) is 0 Å². The van der Waals surface area contributed by atoms with Crippen molar-refractivity contribution in [1.82, 2.24) is 4.57 Å². The van der Waals surface area contributed by atoms with E-state index >= 15 is 0 Å². The van der Waals surface area contributed by atoms with Crippen molar-refractivity contribution < 1.29 is 4.79 Å². The third kappa shape index (κ3) is 2.14. The molecule has 1 aromatic heterocycles. The molecule has 1 amide bonds. The Morgan fingerprint density at radius 1 is 1.39 bits per heavy atom. The van der Waals surface area contributed by atoms with Crippen LogP contribution in [-0.4, -0.2) is 16.3 Å². The van der Waals surface area contributed by atoms with Gasteiger partial charge in [0.25, 0.3) is 0 Å². The summed E-state index contributed by atoms with van der Waals surface area (Å²) in [7, 11) is 0. The van der Waals surface area contributed by atoms with E-state index in [2.05, 4.69) is 29.5 Å². The van der Waals surface area contributed by atoms with E-state index in [4.69, 9.17) is 5.73 Å². The maximum Gasteiger partial charge on any atom is 0.244 e. The Morgan fingerprint density at radius 3 is 2.72 bits per heavy atom. The van der Waals surface area contributed by atoms with Crippen molar-refractivity contribution in [1.29, 1.82) is 0 Å². The number of nitrogens with two attached hydrogens (primary N) is 1. The number of aryl methyl sites for hydroxylation is 2. The first-order valence-electron chi connectivity index (χ1n) is 5.98. The molecule has 0 bridgehead atoms. The van der Waals surface area contributed by atoms with E-state index in [1.807, 2.05) is 18.2 Å². The zero-order chi connectivity index (χ0) is 13.3. The van der Waals surface area contributed by atoms with Gasteiger partial charge in [0.2, 0.25) is 5.91 Å². The summed E-state index contributed by atoms with van der Waals surface area (Å²) < 4.78 is 2.21. The third-order valence-electron chi connectivity index (χ3n) is 3.00. The fourth-order valence-corrected chi connectivity index (χ4v) is 2.21. The summed E-state index contributed by atoms with van der Waals surface area (Å²) in [5.74, 6) is -0.0134. The summed E-state index contributed by atoms with van der Waals surface area (Å²) in [6.07, 6.45) is 0. The van der Waals surface area contributed by atoms with Gasteiger partial charge in [0.05, 0.1) is 0 Å². The summed E-state index contributed by atoms with van der Waals surface area (Å²) in [5, 5.41) is 1.17. The highest BCUT2D eigenvalue weighted by Crippen LogP contribution is 2.21. The number of amidine groups is 1. The van der Waals surface area contributed by atoms with Crippen molar-refractivity contribution in [3.63, 3.8) is 0 Å². The molecule has 4 heteroatoms. The smallest absolute Gasteiger partial charge is 0.244 e. The molecule has 0 unspecified atom stereocenters. The SMILES string of the molecule is CCn1c(C)cc2ccc(C(N)=NC(C)=O)cc21. The molecule has 0 spiro atoms. The highest BCUT2D eigenvalue weighted by atomic mass is 16.1. The summed E-state index contributed by atoms with van der Waals surface area (Å²) in [6.45, 7) is 6.48. The number of aromatic nitrogens is 1. The summed E-state index contributed by atoms with van der Waals surface area (Å²) >= 11 is 0. The number of aliphatic imine (C=N–C) groups is 1. The maximum atomic E-state index is 10.9. The van der Waals surface area contributed by atoms with Gasteiger partial charge in [-0.05, 0) is 31.4 Å². The van der Waals surface area contributed by atoms with Gasteiger partial charge < -0.3 is 10.3 Å².